The molecule has 1 rings (SSSR count). The van der Waals surface area contributed by atoms with Crippen molar-refractivity contribution < 1.29 is 27.6 Å². The molecule has 0 bridgehead atoms. The molecule has 1 aromatic rings. The molecule has 1 aromatic carbocycles. The van der Waals surface area contributed by atoms with Gasteiger partial charge in [-0.1, -0.05) is 30.4 Å². The Morgan fingerprint density at radius 1 is 0.926 bits per heavy atom. The number of halogens is 2. The average Bonchev–Trinajstić information content (AvgIpc) is 2.67. The van der Waals surface area contributed by atoms with Crippen molar-refractivity contribution in [1.82, 2.24) is 0 Å². The highest BCUT2D eigenvalue weighted by Crippen LogP contribution is 2.52. The zero-order valence-electron chi connectivity index (χ0n) is 15.3. The summed E-state index contributed by atoms with van der Waals surface area (Å²) in [6.45, 7) is 3.78. The first-order chi connectivity index (χ1) is 13.1. The minimum absolute atomic E-state index is 0.0314. The molecular formula is C18H25Cl2O6P. The molecule has 0 aliphatic rings. The zero-order valence-corrected chi connectivity index (χ0v) is 17.7. The van der Waals surface area contributed by atoms with E-state index in [1.54, 1.807) is 56.3 Å². The summed E-state index contributed by atoms with van der Waals surface area (Å²) in [6, 6.07) is 8.55. The molecule has 0 spiro atoms. The Morgan fingerprint density at radius 3 is 1.81 bits per heavy atom. The number of para-hydroxylation sites is 1. The minimum atomic E-state index is -4.06. The zero-order chi connectivity index (χ0) is 20.0. The molecule has 0 aliphatic carbocycles. The highest BCUT2D eigenvalue weighted by molar-refractivity contribution is 7.49. The molecule has 0 saturated heterocycles. The van der Waals surface area contributed by atoms with Gasteiger partial charge in [0.1, 0.15) is 31.2 Å². The summed E-state index contributed by atoms with van der Waals surface area (Å²) in [5, 5.41) is 0. The topological polar surface area (TPSA) is 63.2 Å². The van der Waals surface area contributed by atoms with Gasteiger partial charge in [-0.3, -0.25) is 9.05 Å². The second-order valence-corrected chi connectivity index (χ2v) is 7.34. The lowest BCUT2D eigenvalue weighted by molar-refractivity contribution is 0.0414. The summed E-state index contributed by atoms with van der Waals surface area (Å²) < 4.78 is 40.4. The van der Waals surface area contributed by atoms with Crippen molar-refractivity contribution in [2.24, 2.45) is 0 Å². The van der Waals surface area contributed by atoms with Crippen molar-refractivity contribution in [3.05, 3.63) is 55.0 Å². The summed E-state index contributed by atoms with van der Waals surface area (Å²) in [7, 11) is -4.06. The van der Waals surface area contributed by atoms with Crippen molar-refractivity contribution >= 4 is 31.0 Å². The largest absolute Gasteiger partial charge is 0.530 e. The number of benzene rings is 1. The molecule has 152 valence electrons. The van der Waals surface area contributed by atoms with Gasteiger partial charge in [0, 0.05) is 0 Å². The van der Waals surface area contributed by atoms with Crippen LogP contribution in [0.1, 0.15) is 13.8 Å². The third-order valence-electron chi connectivity index (χ3n) is 2.89. The smallest absolute Gasteiger partial charge is 0.499 e. The molecule has 0 heterocycles. The van der Waals surface area contributed by atoms with Crippen LogP contribution in [-0.4, -0.2) is 37.2 Å². The number of hydrogen-bond donors (Lipinski definition) is 0. The standard InChI is InChI=1S/C18H25Cl2O6P/c1-3-10-22-14-17(12-19)25-27(21,24-16-8-6-5-7-9-16)26-18(13-20)15-23-11-4-2/h3-11,17-18H,12-15H2,1-2H3/b10-3+,11-4+. The van der Waals surface area contributed by atoms with Gasteiger partial charge in [0.2, 0.25) is 0 Å². The molecular weight excluding hydrogens is 414 g/mol. The van der Waals surface area contributed by atoms with Crippen LogP contribution in [0.5, 0.6) is 5.75 Å². The number of phosphoric acid groups is 1. The number of allylic oxidation sites excluding steroid dienone is 2. The predicted octanol–water partition coefficient (Wildman–Crippen LogP) is 5.52. The normalized spacial score (nSPS) is 16.1. The summed E-state index contributed by atoms with van der Waals surface area (Å²) in [4.78, 5) is 0. The lowest BCUT2D eigenvalue weighted by Gasteiger charge is -2.25. The van der Waals surface area contributed by atoms with E-state index in [-0.39, 0.29) is 25.0 Å². The SMILES string of the molecule is C/C=C/OCC(CCl)OP(=O)(Oc1ccccc1)OC(CCl)CO/C=C/C. The molecule has 2 unspecified atom stereocenters. The Balaban J connectivity index is 2.90. The number of hydrogen-bond acceptors (Lipinski definition) is 6. The summed E-state index contributed by atoms with van der Waals surface area (Å²) in [5.74, 6) is 0.388. The molecule has 0 saturated carbocycles. The number of ether oxygens (including phenoxy) is 2. The maximum absolute atomic E-state index is 13.3. The second kappa shape index (κ2) is 13.9. The van der Waals surface area contributed by atoms with Crippen LogP contribution in [-0.2, 0) is 23.1 Å². The van der Waals surface area contributed by atoms with Crippen LogP contribution in [0.2, 0.25) is 0 Å². The van der Waals surface area contributed by atoms with Gasteiger partial charge in [0.05, 0.1) is 24.3 Å². The van der Waals surface area contributed by atoms with Crippen LogP contribution >= 0.6 is 31.0 Å². The second-order valence-electron chi connectivity index (χ2n) is 5.22. The van der Waals surface area contributed by atoms with Crippen LogP contribution in [0, 0.1) is 0 Å². The molecule has 0 amide bonds. The monoisotopic (exact) mass is 438 g/mol. The first-order valence-electron chi connectivity index (χ1n) is 8.35. The summed E-state index contributed by atoms with van der Waals surface area (Å²) >= 11 is 11.8. The van der Waals surface area contributed by atoms with Gasteiger partial charge in [-0.25, -0.2) is 4.57 Å². The van der Waals surface area contributed by atoms with Crippen molar-refractivity contribution in [1.29, 1.82) is 0 Å². The Bertz CT molecular complexity index is 581. The highest BCUT2D eigenvalue weighted by atomic mass is 35.5. The van der Waals surface area contributed by atoms with E-state index in [1.807, 2.05) is 0 Å². The first-order valence-corrected chi connectivity index (χ1v) is 10.9. The molecule has 0 aromatic heterocycles. The van der Waals surface area contributed by atoms with Gasteiger partial charge in [-0.2, -0.15) is 0 Å². The number of alkyl halides is 2. The fourth-order valence-electron chi connectivity index (χ4n) is 1.77. The molecule has 0 N–H and O–H groups in total. The maximum atomic E-state index is 13.3. The van der Waals surface area contributed by atoms with E-state index in [9.17, 15) is 4.57 Å². The van der Waals surface area contributed by atoms with E-state index in [0.29, 0.717) is 5.75 Å². The maximum Gasteiger partial charge on any atom is 0.530 e. The van der Waals surface area contributed by atoms with Crippen molar-refractivity contribution in [2.45, 2.75) is 26.1 Å². The summed E-state index contributed by atoms with van der Waals surface area (Å²) in [5.41, 5.74) is 0. The predicted molar refractivity (Wildman–Crippen MR) is 107 cm³/mol. The third-order valence-corrected chi connectivity index (χ3v) is 5.13. The van der Waals surface area contributed by atoms with E-state index in [0.717, 1.165) is 0 Å². The molecule has 0 aliphatic heterocycles. The van der Waals surface area contributed by atoms with Gasteiger partial charge in [0.25, 0.3) is 0 Å². The van der Waals surface area contributed by atoms with Gasteiger partial charge < -0.3 is 14.0 Å². The van der Waals surface area contributed by atoms with Gasteiger partial charge >= 0.3 is 7.82 Å². The molecule has 2 atom stereocenters. The van der Waals surface area contributed by atoms with Gasteiger partial charge in [-0.15, -0.1) is 23.2 Å². The van der Waals surface area contributed by atoms with E-state index in [2.05, 4.69) is 0 Å². The van der Waals surface area contributed by atoms with Crippen molar-refractivity contribution in [2.75, 3.05) is 25.0 Å². The van der Waals surface area contributed by atoms with Crippen LogP contribution in [0.3, 0.4) is 0 Å². The molecule has 6 nitrogen and oxygen atoms in total. The Kier molecular flexibility index (Phi) is 12.3. The van der Waals surface area contributed by atoms with Gasteiger partial charge in [0.15, 0.2) is 0 Å². The minimum Gasteiger partial charge on any atom is -0.499 e. The Labute approximate surface area is 170 Å². The molecule has 0 radical (unpaired) electrons. The molecule has 0 fully saturated rings. The fraction of sp³-hybridized carbons (Fsp3) is 0.444. The van der Waals surface area contributed by atoms with Crippen molar-refractivity contribution in [3.63, 3.8) is 0 Å². The van der Waals surface area contributed by atoms with Crippen LogP contribution in [0.25, 0.3) is 0 Å². The van der Waals surface area contributed by atoms with Crippen LogP contribution in [0.15, 0.2) is 55.0 Å². The quantitative estimate of drug-likeness (QED) is 0.216. The van der Waals surface area contributed by atoms with Crippen LogP contribution < -0.4 is 4.52 Å². The Morgan fingerprint density at radius 2 is 1.41 bits per heavy atom. The molecule has 9 heteroatoms. The Hall–Kier alpha value is -1.17. The van der Waals surface area contributed by atoms with E-state index >= 15 is 0 Å². The van der Waals surface area contributed by atoms with E-state index < -0.39 is 20.0 Å². The van der Waals surface area contributed by atoms with E-state index in [1.165, 1.54) is 12.5 Å². The fourth-order valence-corrected chi connectivity index (χ4v) is 3.76. The average molecular weight is 439 g/mol. The number of phosphoric ester groups is 1. The first kappa shape index (κ1) is 23.9. The lowest BCUT2D eigenvalue weighted by atomic mass is 10.3. The van der Waals surface area contributed by atoms with Crippen LogP contribution in [0.4, 0.5) is 0 Å². The van der Waals surface area contributed by atoms with E-state index in [4.69, 9.17) is 46.2 Å². The van der Waals surface area contributed by atoms with Crippen molar-refractivity contribution in [3.8, 4) is 5.75 Å². The number of rotatable bonds is 14. The molecule has 27 heavy (non-hydrogen) atoms. The summed E-state index contributed by atoms with van der Waals surface area (Å²) in [6.07, 6.45) is 4.96. The highest BCUT2D eigenvalue weighted by Gasteiger charge is 2.36. The lowest BCUT2D eigenvalue weighted by Crippen LogP contribution is -2.26. The third kappa shape index (κ3) is 10.1. The van der Waals surface area contributed by atoms with Gasteiger partial charge in [-0.05, 0) is 26.0 Å².